The first-order valence-electron chi connectivity index (χ1n) is 23.3. The normalized spacial score (nSPS) is 29.5. The van der Waals surface area contributed by atoms with Crippen LogP contribution in [0.25, 0.3) is 10.8 Å². The molecule has 0 unspecified atom stereocenters. The van der Waals surface area contributed by atoms with Gasteiger partial charge in [0, 0.05) is 80.8 Å². The number of carbonyl (C=O) groups excluding carboxylic acids is 3. The van der Waals surface area contributed by atoms with Crippen molar-refractivity contribution in [1.82, 2.24) is 9.91 Å². The van der Waals surface area contributed by atoms with Gasteiger partial charge >= 0.3 is 11.8 Å². The third-order valence-corrected chi connectivity index (χ3v) is 13.9. The molecule has 69 heavy (non-hydrogen) atoms. The number of Topliss-reactive ketones (excluding diaryl/α,β-unsaturated/α-hetero) is 1. The number of rotatable bonds is 7. The van der Waals surface area contributed by atoms with Crippen LogP contribution in [0.5, 0.6) is 28.7 Å². The third-order valence-electron chi connectivity index (χ3n) is 13.9. The molecule has 5 bridgehead atoms. The summed E-state index contributed by atoms with van der Waals surface area (Å²) >= 11 is 0. The summed E-state index contributed by atoms with van der Waals surface area (Å²) in [7, 11) is 3.06. The smallest absolute Gasteiger partial charge is 0.312 e. The molecule has 1 saturated heterocycles. The van der Waals surface area contributed by atoms with Crippen molar-refractivity contribution in [3.05, 3.63) is 82.7 Å². The average molecular weight is 957 g/mol. The van der Waals surface area contributed by atoms with Gasteiger partial charge in [0.15, 0.2) is 5.75 Å². The van der Waals surface area contributed by atoms with Crippen molar-refractivity contribution >= 4 is 40.3 Å². The number of methoxy groups -OCH3 is 2. The number of ether oxygens (including phenoxy) is 5. The lowest BCUT2D eigenvalue weighted by Crippen LogP contribution is -2.54. The van der Waals surface area contributed by atoms with Crippen LogP contribution >= 0.6 is 0 Å². The van der Waals surface area contributed by atoms with Gasteiger partial charge in [-0.2, -0.15) is 5.10 Å². The average Bonchev–Trinajstić information content (AvgIpc) is 3.57. The molecule has 6 N–H and O–H groups in total. The lowest BCUT2D eigenvalue weighted by molar-refractivity contribution is -0.160. The number of carbonyl (C=O) groups is 3. The summed E-state index contributed by atoms with van der Waals surface area (Å²) in [6.45, 7) is 18.5. The van der Waals surface area contributed by atoms with Crippen molar-refractivity contribution in [2.45, 2.75) is 118 Å². The van der Waals surface area contributed by atoms with Gasteiger partial charge in [-0.05, 0) is 51.5 Å². The fourth-order valence-electron chi connectivity index (χ4n) is 9.77. The van der Waals surface area contributed by atoms with Crippen LogP contribution in [0.15, 0.2) is 65.5 Å². The first kappa shape index (κ1) is 52.2. The predicted molar refractivity (Wildman–Crippen MR) is 260 cm³/mol. The van der Waals surface area contributed by atoms with Crippen molar-refractivity contribution in [1.29, 1.82) is 0 Å². The van der Waals surface area contributed by atoms with E-state index in [0.29, 0.717) is 19.6 Å². The number of allylic oxidation sites excluding steroid dienone is 2. The summed E-state index contributed by atoms with van der Waals surface area (Å²) in [6.07, 6.45) is 4.84. The number of hydrogen-bond acceptors (Lipinski definition) is 16. The molecular weight excluding hydrogens is 889 g/mol. The van der Waals surface area contributed by atoms with Crippen molar-refractivity contribution in [2.24, 2.45) is 28.8 Å². The van der Waals surface area contributed by atoms with Crippen molar-refractivity contribution in [2.75, 3.05) is 32.6 Å². The summed E-state index contributed by atoms with van der Waals surface area (Å²) in [6, 6.07) is 7.62. The summed E-state index contributed by atoms with van der Waals surface area (Å²) in [4.78, 5) is 43.4. The van der Waals surface area contributed by atoms with Crippen molar-refractivity contribution in [3.63, 3.8) is 0 Å². The molecule has 0 spiro atoms. The number of aliphatic hydroxyl groups excluding tert-OH is 2. The number of fused-ring (bicyclic) bond motifs is 14. The maximum Gasteiger partial charge on any atom is 0.312 e. The third kappa shape index (κ3) is 10.6. The summed E-state index contributed by atoms with van der Waals surface area (Å²) in [5, 5.41) is 68.2. The number of anilines is 1. The maximum atomic E-state index is 14.7. The van der Waals surface area contributed by atoms with Crippen LogP contribution in [-0.2, 0) is 30.3 Å². The molecule has 4 aliphatic heterocycles. The van der Waals surface area contributed by atoms with E-state index in [1.807, 2.05) is 43.1 Å². The van der Waals surface area contributed by atoms with Gasteiger partial charge in [-0.3, -0.25) is 24.3 Å². The molecule has 4 aliphatic rings. The molecule has 1 fully saturated rings. The number of amides is 1. The summed E-state index contributed by atoms with van der Waals surface area (Å²) in [5.74, 6) is -7.76. The molecule has 3 aromatic carbocycles. The van der Waals surface area contributed by atoms with Gasteiger partial charge in [0.2, 0.25) is 0 Å². The highest BCUT2D eigenvalue weighted by molar-refractivity contribution is 6.23. The quantitative estimate of drug-likeness (QED) is 0.0627. The van der Waals surface area contributed by atoms with Crippen LogP contribution in [0.4, 0.5) is 5.69 Å². The van der Waals surface area contributed by atoms with E-state index in [1.54, 1.807) is 47.0 Å². The molecule has 11 atom stereocenters. The zero-order chi connectivity index (χ0) is 50.8. The number of nitrogens with one attached hydrogen (secondary N) is 1. The number of benzene rings is 3. The minimum absolute atomic E-state index is 0.0446. The Kier molecular flexibility index (Phi) is 16.1. The van der Waals surface area contributed by atoms with Crippen LogP contribution in [0.2, 0.25) is 0 Å². The second-order valence-electron chi connectivity index (χ2n) is 19.0. The number of piperazine rings is 1. The highest BCUT2D eigenvalue weighted by atomic mass is 16.7. The zero-order valence-corrected chi connectivity index (χ0v) is 41.5. The Morgan fingerprint density at radius 3 is 2.16 bits per heavy atom. The van der Waals surface area contributed by atoms with Crippen molar-refractivity contribution in [3.8, 4) is 28.7 Å². The highest BCUT2D eigenvalue weighted by Gasteiger charge is 2.50. The standard InChI is InChI=1S/C52H68N4O13/c1-26-14-13-15-27(2)51(64)54-42-37(22-53-56-28(3)23-55(24-29(56)4)25-35-16-18-36(65-11)19-17-35)46(61)39-40(47(42)62)45(60)33(8)49-41(39)50(63)52(10,69-49)67-21-20-38(66-12)30(5)48(68-34(9)57)32(7)44(59)31(6)43(26)58/h13-22,26,28-32,38,43-44,48,58-62H,23-25H2,1-12H3,(H,54,64)/t26-,28-,29+,30-,31+,32+,38-,43+,44+,48-,52-/m0/s1. The van der Waals surface area contributed by atoms with Crippen molar-refractivity contribution < 1.29 is 63.6 Å². The van der Waals surface area contributed by atoms with Gasteiger partial charge in [-0.15, -0.1) is 0 Å². The lowest BCUT2D eigenvalue weighted by Gasteiger charge is -2.42. The van der Waals surface area contributed by atoms with E-state index in [-0.39, 0.29) is 56.6 Å². The first-order chi connectivity index (χ1) is 32.5. The molecule has 3 aromatic rings. The van der Waals surface area contributed by atoms with E-state index in [4.69, 9.17) is 28.8 Å². The molecule has 17 nitrogen and oxygen atoms in total. The Balaban J connectivity index is 1.47. The Hall–Kier alpha value is -6.14. The van der Waals surface area contributed by atoms with Crippen LogP contribution in [0, 0.1) is 30.6 Å². The Bertz CT molecular complexity index is 2530. The van der Waals surface area contributed by atoms with Crippen LogP contribution < -0.4 is 14.8 Å². The highest BCUT2D eigenvalue weighted by Crippen LogP contribution is 2.55. The number of aliphatic hydroxyl groups is 2. The summed E-state index contributed by atoms with van der Waals surface area (Å²) < 4.78 is 29.1. The number of esters is 1. The molecule has 0 radical (unpaired) electrons. The summed E-state index contributed by atoms with van der Waals surface area (Å²) in [5.41, 5.74) is 0.686. The predicted octanol–water partition coefficient (Wildman–Crippen LogP) is 6.69. The largest absolute Gasteiger partial charge is 0.507 e. The van der Waals surface area contributed by atoms with Crippen LogP contribution in [-0.4, -0.2) is 129 Å². The Labute approximate surface area is 403 Å². The minimum atomic E-state index is -2.07. The van der Waals surface area contributed by atoms with E-state index in [2.05, 4.69) is 10.2 Å². The topological polar surface area (TPSA) is 229 Å². The van der Waals surface area contributed by atoms with E-state index in [1.165, 1.54) is 59.4 Å². The molecule has 374 valence electrons. The van der Waals surface area contributed by atoms with E-state index < -0.39 is 88.8 Å². The SMILES string of the molecule is COc1ccc(CN2C[C@@H](C)N(N=Cc3c4c(O)c5c(O)c(C)c6c(c5c3O)C(=O)[C@@](C)(OC=C[C@H](OC)[C@H](C)[C@H](OC(C)=O)[C@H](C)[C@H](O)[C@H](C)[C@H](O)[C@@H](C)C=CC=C(C)C(=O)N4)O6)[C@@H](C)C2)cc1. The Morgan fingerprint density at radius 1 is 0.899 bits per heavy atom. The molecule has 0 aromatic heterocycles. The number of phenols is 3. The van der Waals surface area contributed by atoms with Crippen LogP contribution in [0.3, 0.4) is 0 Å². The van der Waals surface area contributed by atoms with Gasteiger partial charge in [0.1, 0.15) is 29.1 Å². The molecule has 0 saturated carbocycles. The zero-order valence-electron chi connectivity index (χ0n) is 41.5. The number of aromatic hydroxyl groups is 3. The van der Waals surface area contributed by atoms with E-state index in [0.717, 1.165) is 11.3 Å². The van der Waals surface area contributed by atoms with Gasteiger partial charge in [0.05, 0.1) is 72.2 Å². The van der Waals surface area contributed by atoms with Gasteiger partial charge in [-0.1, -0.05) is 58.1 Å². The number of nitrogens with zero attached hydrogens (tertiary/aromatic N) is 3. The molecule has 17 heteroatoms. The molecule has 1 amide bonds. The second kappa shape index (κ2) is 21.2. The fraction of sp³-hybridized carbons (Fsp3) is 0.500. The monoisotopic (exact) mass is 956 g/mol. The number of phenolic OH excluding ortho intramolecular Hbond substituents is 3. The van der Waals surface area contributed by atoms with Gasteiger partial charge < -0.3 is 54.5 Å². The van der Waals surface area contributed by atoms with E-state index in [9.17, 15) is 39.9 Å². The molecular formula is C52H68N4O13. The van der Waals surface area contributed by atoms with Crippen LogP contribution in [0.1, 0.15) is 89.4 Å². The fourth-order valence-corrected chi connectivity index (χ4v) is 9.77. The van der Waals surface area contributed by atoms with Gasteiger partial charge in [-0.25, -0.2) is 0 Å². The van der Waals surface area contributed by atoms with Gasteiger partial charge in [0.25, 0.3) is 11.7 Å². The molecule has 0 aliphatic carbocycles. The lowest BCUT2D eigenvalue weighted by atomic mass is 9.78. The Morgan fingerprint density at radius 2 is 1.55 bits per heavy atom. The molecule has 4 heterocycles. The molecule has 7 rings (SSSR count). The first-order valence-corrected chi connectivity index (χ1v) is 23.3. The minimum Gasteiger partial charge on any atom is -0.507 e. The van der Waals surface area contributed by atoms with E-state index >= 15 is 0 Å². The maximum absolute atomic E-state index is 14.7. The second-order valence-corrected chi connectivity index (χ2v) is 19.0. The number of hydrogen-bond donors (Lipinski definition) is 6. The number of ketones is 1. The number of hydrazone groups is 1.